The molecule has 1 rings (SSSR count). The zero-order valence-electron chi connectivity index (χ0n) is 12.5. The second-order valence-electron chi connectivity index (χ2n) is 6.15. The number of hydrogen-bond acceptors (Lipinski definition) is 3. The van der Waals surface area contributed by atoms with Crippen LogP contribution in [0.25, 0.3) is 0 Å². The average molecular weight is 263 g/mol. The van der Waals surface area contributed by atoms with E-state index in [0.717, 1.165) is 11.3 Å². The summed E-state index contributed by atoms with van der Waals surface area (Å²) in [6.45, 7) is 11.3. The first-order valence-electron chi connectivity index (χ1n) is 6.61. The van der Waals surface area contributed by atoms with Gasteiger partial charge in [-0.2, -0.15) is 0 Å². The van der Waals surface area contributed by atoms with Crippen LogP contribution in [0.5, 0.6) is 0 Å². The van der Waals surface area contributed by atoms with Gasteiger partial charge in [0, 0.05) is 17.8 Å². The molecule has 0 heterocycles. The Morgan fingerprint density at radius 3 is 2.47 bits per heavy atom. The van der Waals surface area contributed by atoms with Crippen LogP contribution < -0.4 is 16.6 Å². The van der Waals surface area contributed by atoms with Gasteiger partial charge in [0.15, 0.2) is 0 Å². The predicted molar refractivity (Wildman–Crippen MR) is 79.9 cm³/mol. The Labute approximate surface area is 115 Å². The molecule has 0 bridgehead atoms. The van der Waals surface area contributed by atoms with E-state index in [4.69, 9.17) is 5.84 Å². The van der Waals surface area contributed by atoms with Gasteiger partial charge in [-0.1, -0.05) is 27.7 Å². The number of rotatable bonds is 4. The molecule has 4 nitrogen and oxygen atoms in total. The van der Waals surface area contributed by atoms with Crippen LogP contribution in [0.3, 0.4) is 0 Å². The highest BCUT2D eigenvalue weighted by Crippen LogP contribution is 2.24. The maximum atomic E-state index is 12.1. The van der Waals surface area contributed by atoms with Crippen LogP contribution in [0.15, 0.2) is 18.2 Å². The van der Waals surface area contributed by atoms with Gasteiger partial charge in [-0.05, 0) is 42.0 Å². The molecular weight excluding hydrogens is 238 g/mol. The van der Waals surface area contributed by atoms with Crippen LogP contribution in [0.1, 0.15) is 43.6 Å². The minimum atomic E-state index is -0.0304. The van der Waals surface area contributed by atoms with Gasteiger partial charge >= 0.3 is 0 Å². The molecule has 0 aromatic heterocycles. The standard InChI is InChI=1S/C15H25N3O/c1-10-8-12(18-16)6-7-13(10)14(19)17-9-11(2)15(3,4)5/h6-8,11,18H,9,16H2,1-5H3,(H,17,19). The number of nitrogens with one attached hydrogen (secondary N) is 2. The van der Waals surface area contributed by atoms with Gasteiger partial charge < -0.3 is 10.7 Å². The van der Waals surface area contributed by atoms with Crippen LogP contribution in [0.2, 0.25) is 0 Å². The first-order chi connectivity index (χ1) is 8.75. The second kappa shape index (κ2) is 6.06. The number of nitrogens with two attached hydrogens (primary N) is 1. The van der Waals surface area contributed by atoms with E-state index in [1.807, 2.05) is 13.0 Å². The lowest BCUT2D eigenvalue weighted by Gasteiger charge is -2.27. The first-order valence-corrected chi connectivity index (χ1v) is 6.61. The third-order valence-electron chi connectivity index (χ3n) is 3.68. The van der Waals surface area contributed by atoms with Gasteiger partial charge in [-0.25, -0.2) is 0 Å². The van der Waals surface area contributed by atoms with Crippen LogP contribution >= 0.6 is 0 Å². The molecule has 1 aromatic carbocycles. The van der Waals surface area contributed by atoms with Gasteiger partial charge in [0.05, 0.1) is 0 Å². The zero-order valence-corrected chi connectivity index (χ0v) is 12.5. The molecule has 4 N–H and O–H groups in total. The average Bonchev–Trinajstić information content (AvgIpc) is 2.34. The summed E-state index contributed by atoms with van der Waals surface area (Å²) in [5.41, 5.74) is 5.17. The second-order valence-corrected chi connectivity index (χ2v) is 6.15. The predicted octanol–water partition coefficient (Wildman–Crippen LogP) is 2.69. The Morgan fingerprint density at radius 2 is 2.00 bits per heavy atom. The zero-order chi connectivity index (χ0) is 14.6. The lowest BCUT2D eigenvalue weighted by Crippen LogP contribution is -2.34. The van der Waals surface area contributed by atoms with Crippen molar-refractivity contribution >= 4 is 11.6 Å². The molecule has 1 atom stereocenters. The van der Waals surface area contributed by atoms with Crippen molar-refractivity contribution in [3.8, 4) is 0 Å². The van der Waals surface area contributed by atoms with Crippen molar-refractivity contribution in [2.45, 2.75) is 34.6 Å². The number of anilines is 1. The molecule has 19 heavy (non-hydrogen) atoms. The van der Waals surface area contributed by atoms with E-state index in [1.54, 1.807) is 12.1 Å². The van der Waals surface area contributed by atoms with Gasteiger partial charge in [-0.15, -0.1) is 0 Å². The molecule has 0 saturated carbocycles. The maximum Gasteiger partial charge on any atom is 0.251 e. The molecule has 106 valence electrons. The van der Waals surface area contributed by atoms with Gasteiger partial charge in [0.25, 0.3) is 5.91 Å². The van der Waals surface area contributed by atoms with E-state index in [-0.39, 0.29) is 11.3 Å². The largest absolute Gasteiger partial charge is 0.352 e. The van der Waals surface area contributed by atoms with Crippen molar-refractivity contribution in [3.63, 3.8) is 0 Å². The Hall–Kier alpha value is -1.55. The molecule has 0 saturated heterocycles. The van der Waals surface area contributed by atoms with E-state index < -0.39 is 0 Å². The molecule has 0 spiro atoms. The number of carbonyl (C=O) groups is 1. The highest BCUT2D eigenvalue weighted by molar-refractivity contribution is 5.96. The van der Waals surface area contributed by atoms with E-state index in [9.17, 15) is 4.79 Å². The van der Waals surface area contributed by atoms with E-state index in [0.29, 0.717) is 18.0 Å². The number of carbonyl (C=O) groups excluding carboxylic acids is 1. The van der Waals surface area contributed by atoms with Crippen molar-refractivity contribution in [2.75, 3.05) is 12.0 Å². The summed E-state index contributed by atoms with van der Waals surface area (Å²) < 4.78 is 0. The van der Waals surface area contributed by atoms with Gasteiger partial charge in [-0.3, -0.25) is 10.6 Å². The fourth-order valence-electron chi connectivity index (χ4n) is 1.66. The van der Waals surface area contributed by atoms with E-state index in [2.05, 4.69) is 38.4 Å². The lowest BCUT2D eigenvalue weighted by molar-refractivity contribution is 0.0936. The Morgan fingerprint density at radius 1 is 1.37 bits per heavy atom. The topological polar surface area (TPSA) is 67.1 Å². The van der Waals surface area contributed by atoms with Gasteiger partial charge in [0.1, 0.15) is 0 Å². The number of aryl methyl sites for hydroxylation is 1. The van der Waals surface area contributed by atoms with Crippen molar-refractivity contribution in [3.05, 3.63) is 29.3 Å². The smallest absolute Gasteiger partial charge is 0.251 e. The molecule has 0 fully saturated rings. The lowest BCUT2D eigenvalue weighted by atomic mass is 9.82. The SMILES string of the molecule is Cc1cc(NN)ccc1C(=O)NCC(C)C(C)(C)C. The minimum Gasteiger partial charge on any atom is -0.352 e. The van der Waals surface area contributed by atoms with E-state index in [1.165, 1.54) is 0 Å². The molecule has 1 unspecified atom stereocenters. The third-order valence-corrected chi connectivity index (χ3v) is 3.68. The van der Waals surface area contributed by atoms with Crippen LogP contribution in [-0.4, -0.2) is 12.5 Å². The van der Waals surface area contributed by atoms with Crippen molar-refractivity contribution in [1.82, 2.24) is 5.32 Å². The van der Waals surface area contributed by atoms with Crippen LogP contribution in [0.4, 0.5) is 5.69 Å². The highest BCUT2D eigenvalue weighted by Gasteiger charge is 2.20. The van der Waals surface area contributed by atoms with Crippen LogP contribution in [-0.2, 0) is 0 Å². The number of amides is 1. The summed E-state index contributed by atoms with van der Waals surface area (Å²) in [7, 11) is 0. The summed E-state index contributed by atoms with van der Waals surface area (Å²) in [5, 5.41) is 2.99. The summed E-state index contributed by atoms with van der Waals surface area (Å²) in [4.78, 5) is 12.1. The van der Waals surface area contributed by atoms with Crippen molar-refractivity contribution < 1.29 is 4.79 Å². The quantitative estimate of drug-likeness (QED) is 0.578. The third kappa shape index (κ3) is 4.24. The summed E-state index contributed by atoms with van der Waals surface area (Å²) in [5.74, 6) is 5.73. The summed E-state index contributed by atoms with van der Waals surface area (Å²) in [6.07, 6.45) is 0. The highest BCUT2D eigenvalue weighted by atomic mass is 16.1. The van der Waals surface area contributed by atoms with Crippen molar-refractivity contribution in [1.29, 1.82) is 0 Å². The Kier molecular flexibility index (Phi) is 4.95. The monoisotopic (exact) mass is 263 g/mol. The van der Waals surface area contributed by atoms with E-state index >= 15 is 0 Å². The maximum absolute atomic E-state index is 12.1. The molecule has 4 heteroatoms. The molecule has 0 aliphatic rings. The number of nitrogen functional groups attached to an aromatic ring is 1. The fourth-order valence-corrected chi connectivity index (χ4v) is 1.66. The number of benzene rings is 1. The first kappa shape index (κ1) is 15.5. The molecule has 0 aliphatic heterocycles. The van der Waals surface area contributed by atoms with Crippen molar-refractivity contribution in [2.24, 2.45) is 17.2 Å². The molecule has 0 radical (unpaired) electrons. The van der Waals surface area contributed by atoms with Crippen LogP contribution in [0, 0.1) is 18.3 Å². The minimum absolute atomic E-state index is 0.0304. The fraction of sp³-hybridized carbons (Fsp3) is 0.533. The molecule has 0 aliphatic carbocycles. The Balaban J connectivity index is 2.69. The Bertz CT molecular complexity index is 449. The summed E-state index contributed by atoms with van der Waals surface area (Å²) in [6, 6.07) is 5.46. The number of hydrazine groups is 1. The normalized spacial score (nSPS) is 12.9. The molecular formula is C15H25N3O. The molecule has 1 amide bonds. The molecule has 1 aromatic rings. The summed E-state index contributed by atoms with van der Waals surface area (Å²) >= 11 is 0. The number of hydrogen-bond donors (Lipinski definition) is 3. The van der Waals surface area contributed by atoms with Gasteiger partial charge in [0.2, 0.25) is 0 Å².